The van der Waals surface area contributed by atoms with Crippen LogP contribution < -0.4 is 0 Å². The van der Waals surface area contributed by atoms with Gasteiger partial charge in [0.2, 0.25) is 7.37 Å². The lowest BCUT2D eigenvalue weighted by molar-refractivity contribution is 0.333. The molecule has 21 heavy (non-hydrogen) atoms. The maximum atomic E-state index is 12.9. The first-order chi connectivity index (χ1) is 10.2. The van der Waals surface area contributed by atoms with E-state index in [-0.39, 0.29) is 0 Å². The van der Waals surface area contributed by atoms with Crippen molar-refractivity contribution in [2.45, 2.75) is 18.0 Å². The summed E-state index contributed by atoms with van der Waals surface area (Å²) < 4.78 is 18.6. The standard InChI is InChI=1S/C17H21O2PS/c1-2-19-20(18,15-16-9-5-3-6-10-16)13-14-21-17-11-7-4-8-12-17/h3-12H,2,13-15H2,1H3. The topological polar surface area (TPSA) is 26.3 Å². The molecule has 0 heterocycles. The predicted molar refractivity (Wildman–Crippen MR) is 91.4 cm³/mol. The van der Waals surface area contributed by atoms with Crippen molar-refractivity contribution in [1.29, 1.82) is 0 Å². The van der Waals surface area contributed by atoms with Gasteiger partial charge in [0.1, 0.15) is 0 Å². The van der Waals surface area contributed by atoms with Crippen LogP contribution in [0.4, 0.5) is 0 Å². The maximum absolute atomic E-state index is 12.9. The Kier molecular flexibility index (Phi) is 6.56. The van der Waals surface area contributed by atoms with E-state index < -0.39 is 7.37 Å². The lowest BCUT2D eigenvalue weighted by Crippen LogP contribution is -2.01. The Balaban J connectivity index is 1.93. The van der Waals surface area contributed by atoms with E-state index in [1.807, 2.05) is 55.5 Å². The van der Waals surface area contributed by atoms with Crippen molar-refractivity contribution in [2.75, 3.05) is 18.5 Å². The van der Waals surface area contributed by atoms with Crippen molar-refractivity contribution in [3.05, 3.63) is 66.2 Å². The molecule has 0 radical (unpaired) electrons. The quantitative estimate of drug-likeness (QED) is 0.488. The zero-order chi connectivity index (χ0) is 15.0. The van der Waals surface area contributed by atoms with Crippen LogP contribution in [-0.2, 0) is 15.3 Å². The molecule has 0 amide bonds. The summed E-state index contributed by atoms with van der Waals surface area (Å²) in [6.07, 6.45) is 1.13. The lowest BCUT2D eigenvalue weighted by atomic mass is 10.2. The summed E-state index contributed by atoms with van der Waals surface area (Å²) in [7, 11) is -2.60. The van der Waals surface area contributed by atoms with Crippen molar-refractivity contribution in [3.8, 4) is 0 Å². The molecule has 2 aromatic carbocycles. The summed E-state index contributed by atoms with van der Waals surface area (Å²) in [4.78, 5) is 1.21. The first-order valence-electron chi connectivity index (χ1n) is 7.16. The summed E-state index contributed by atoms with van der Waals surface area (Å²) in [5.41, 5.74) is 1.08. The number of benzene rings is 2. The highest BCUT2D eigenvalue weighted by Crippen LogP contribution is 2.50. The van der Waals surface area contributed by atoms with Crippen LogP contribution in [0.25, 0.3) is 0 Å². The molecule has 0 aliphatic rings. The van der Waals surface area contributed by atoms with Gasteiger partial charge in [-0.3, -0.25) is 4.57 Å². The molecule has 0 spiro atoms. The summed E-state index contributed by atoms with van der Waals surface area (Å²) in [6.45, 7) is 2.40. The van der Waals surface area contributed by atoms with Crippen LogP contribution in [0.2, 0.25) is 0 Å². The van der Waals surface area contributed by atoms with E-state index in [4.69, 9.17) is 4.52 Å². The minimum atomic E-state index is -2.60. The van der Waals surface area contributed by atoms with E-state index in [1.54, 1.807) is 11.8 Å². The summed E-state index contributed by atoms with van der Waals surface area (Å²) in [5, 5.41) is 0. The second kappa shape index (κ2) is 8.43. The van der Waals surface area contributed by atoms with Gasteiger partial charge in [0, 0.05) is 23.0 Å². The Morgan fingerprint density at radius 3 is 2.24 bits per heavy atom. The van der Waals surface area contributed by atoms with E-state index in [0.29, 0.717) is 18.9 Å². The van der Waals surface area contributed by atoms with Crippen LogP contribution in [0, 0.1) is 0 Å². The van der Waals surface area contributed by atoms with Gasteiger partial charge < -0.3 is 4.52 Å². The second-order valence-electron chi connectivity index (χ2n) is 4.76. The molecule has 4 heteroatoms. The van der Waals surface area contributed by atoms with Crippen LogP contribution in [0.3, 0.4) is 0 Å². The molecule has 0 aromatic heterocycles. The molecule has 0 fully saturated rings. The van der Waals surface area contributed by atoms with Crippen molar-refractivity contribution >= 4 is 19.1 Å². The Labute approximate surface area is 131 Å². The molecule has 0 bridgehead atoms. The minimum absolute atomic E-state index is 0.500. The second-order valence-corrected chi connectivity index (χ2v) is 8.58. The Morgan fingerprint density at radius 2 is 1.62 bits per heavy atom. The largest absolute Gasteiger partial charge is 0.328 e. The Morgan fingerprint density at radius 1 is 1.00 bits per heavy atom. The van der Waals surface area contributed by atoms with Gasteiger partial charge in [-0.1, -0.05) is 48.5 Å². The van der Waals surface area contributed by atoms with Crippen molar-refractivity contribution in [3.63, 3.8) is 0 Å². The smallest absolute Gasteiger partial charge is 0.208 e. The van der Waals surface area contributed by atoms with E-state index in [0.717, 1.165) is 11.3 Å². The third-order valence-corrected chi connectivity index (χ3v) is 6.87. The van der Waals surface area contributed by atoms with Gasteiger partial charge in [-0.25, -0.2) is 0 Å². The fraction of sp³-hybridized carbons (Fsp3) is 0.294. The van der Waals surface area contributed by atoms with Gasteiger partial charge >= 0.3 is 0 Å². The zero-order valence-corrected chi connectivity index (χ0v) is 14.0. The van der Waals surface area contributed by atoms with E-state index in [9.17, 15) is 4.57 Å². The maximum Gasteiger partial charge on any atom is 0.208 e. The summed E-state index contributed by atoms with van der Waals surface area (Å²) in [6, 6.07) is 20.1. The lowest BCUT2D eigenvalue weighted by Gasteiger charge is -2.17. The average molecular weight is 320 g/mol. The Hall–Kier alpha value is -1.02. The van der Waals surface area contributed by atoms with E-state index in [2.05, 4.69) is 12.1 Å². The van der Waals surface area contributed by atoms with Crippen molar-refractivity contribution in [2.24, 2.45) is 0 Å². The molecule has 1 unspecified atom stereocenters. The SMILES string of the molecule is CCOP(=O)(CCSc1ccccc1)Cc1ccccc1. The van der Waals surface area contributed by atoms with Crippen LogP contribution in [0.1, 0.15) is 12.5 Å². The van der Waals surface area contributed by atoms with E-state index in [1.165, 1.54) is 4.90 Å². The molecular formula is C17H21O2PS. The third-order valence-electron chi connectivity index (χ3n) is 3.07. The normalized spacial score (nSPS) is 13.8. The fourth-order valence-electron chi connectivity index (χ4n) is 2.11. The van der Waals surface area contributed by atoms with E-state index >= 15 is 0 Å². The highest BCUT2D eigenvalue weighted by atomic mass is 32.2. The van der Waals surface area contributed by atoms with Crippen molar-refractivity contribution < 1.29 is 9.09 Å². The minimum Gasteiger partial charge on any atom is -0.328 e. The molecule has 0 aliphatic heterocycles. The molecule has 1 atom stereocenters. The van der Waals surface area contributed by atoms with Gasteiger partial charge in [0.25, 0.3) is 0 Å². The molecule has 0 aliphatic carbocycles. The molecule has 2 nitrogen and oxygen atoms in total. The van der Waals surface area contributed by atoms with Crippen LogP contribution in [0.15, 0.2) is 65.6 Å². The molecule has 0 N–H and O–H groups in total. The highest BCUT2D eigenvalue weighted by Gasteiger charge is 2.22. The molecule has 2 aromatic rings. The van der Waals surface area contributed by atoms with Gasteiger partial charge in [0.05, 0.1) is 6.61 Å². The first kappa shape index (κ1) is 16.4. The number of thioether (sulfide) groups is 1. The van der Waals surface area contributed by atoms with Gasteiger partial charge in [-0.2, -0.15) is 0 Å². The van der Waals surface area contributed by atoms with Crippen LogP contribution >= 0.6 is 19.1 Å². The van der Waals surface area contributed by atoms with Gasteiger partial charge in [-0.05, 0) is 24.6 Å². The average Bonchev–Trinajstić information content (AvgIpc) is 2.49. The highest BCUT2D eigenvalue weighted by molar-refractivity contribution is 7.99. The number of hydrogen-bond acceptors (Lipinski definition) is 3. The third kappa shape index (κ3) is 5.70. The zero-order valence-electron chi connectivity index (χ0n) is 12.3. The molecule has 0 saturated heterocycles. The molecule has 2 rings (SSSR count). The summed E-state index contributed by atoms with van der Waals surface area (Å²) >= 11 is 1.73. The molecule has 112 valence electrons. The predicted octanol–water partition coefficient (Wildman–Crippen LogP) is 5.29. The van der Waals surface area contributed by atoms with Crippen LogP contribution in [-0.4, -0.2) is 18.5 Å². The summed E-state index contributed by atoms with van der Waals surface area (Å²) in [5.74, 6) is 0.814. The Bertz CT molecular complexity index is 572. The molecule has 0 saturated carbocycles. The monoisotopic (exact) mass is 320 g/mol. The first-order valence-corrected chi connectivity index (χ1v) is 10.1. The molecular weight excluding hydrogens is 299 g/mol. The number of rotatable bonds is 8. The fourth-order valence-corrected chi connectivity index (χ4v) is 5.78. The van der Waals surface area contributed by atoms with Crippen LogP contribution in [0.5, 0.6) is 0 Å². The number of hydrogen-bond donors (Lipinski definition) is 0. The van der Waals surface area contributed by atoms with Crippen molar-refractivity contribution in [1.82, 2.24) is 0 Å². The van der Waals surface area contributed by atoms with Gasteiger partial charge in [0.15, 0.2) is 0 Å². The van der Waals surface area contributed by atoms with Gasteiger partial charge in [-0.15, -0.1) is 11.8 Å².